The van der Waals surface area contributed by atoms with Crippen LogP contribution in [0, 0.1) is 0 Å². The topological polar surface area (TPSA) is 72.3 Å². The van der Waals surface area contributed by atoms with Gasteiger partial charge in [-0.15, -0.1) is 0 Å². The molecule has 0 radical (unpaired) electrons. The van der Waals surface area contributed by atoms with Crippen LogP contribution in [0.2, 0.25) is 5.02 Å². The van der Waals surface area contributed by atoms with Crippen molar-refractivity contribution in [3.8, 4) is 0 Å². The fraction of sp³-hybridized carbons (Fsp3) is 0.500. The van der Waals surface area contributed by atoms with Crippen LogP contribution in [0.1, 0.15) is 31.4 Å². The first-order chi connectivity index (χ1) is 9.00. The highest BCUT2D eigenvalue weighted by Crippen LogP contribution is 2.31. The fourth-order valence-electron chi connectivity index (χ4n) is 2.88. The number of amides is 1. The van der Waals surface area contributed by atoms with Crippen LogP contribution >= 0.6 is 11.6 Å². The molecule has 2 rings (SSSR count). The van der Waals surface area contributed by atoms with Gasteiger partial charge in [-0.25, -0.2) is 0 Å². The van der Waals surface area contributed by atoms with Crippen LogP contribution in [0.15, 0.2) is 24.3 Å². The molecule has 1 amide bonds. The summed E-state index contributed by atoms with van der Waals surface area (Å²) in [6.45, 7) is 2.80. The van der Waals surface area contributed by atoms with Crippen molar-refractivity contribution in [2.75, 3.05) is 6.54 Å². The zero-order valence-electron chi connectivity index (χ0n) is 11.1. The standard InChI is InChI=1S/C14H20ClN3O/c1-9(16)13(10-4-6-11(15)7-5-10)18-8-2-3-12(18)14(17)19/h4-7,9,12-13H,2-3,8,16H2,1H3,(H2,17,19). The van der Waals surface area contributed by atoms with Gasteiger partial charge >= 0.3 is 0 Å². The molecule has 3 unspecified atom stereocenters. The summed E-state index contributed by atoms with van der Waals surface area (Å²) in [4.78, 5) is 13.7. The number of halogens is 1. The van der Waals surface area contributed by atoms with Crippen LogP contribution in [0.4, 0.5) is 0 Å². The van der Waals surface area contributed by atoms with E-state index < -0.39 is 0 Å². The Kier molecular flexibility index (Phi) is 4.45. The predicted molar refractivity (Wildman–Crippen MR) is 76.8 cm³/mol. The molecule has 1 saturated heterocycles. The van der Waals surface area contributed by atoms with E-state index in [-0.39, 0.29) is 24.0 Å². The molecule has 0 aromatic heterocycles. The number of benzene rings is 1. The normalized spacial score (nSPS) is 23.2. The van der Waals surface area contributed by atoms with Crippen LogP contribution in [0.3, 0.4) is 0 Å². The van der Waals surface area contributed by atoms with E-state index >= 15 is 0 Å². The van der Waals surface area contributed by atoms with Crippen molar-refractivity contribution in [3.63, 3.8) is 0 Å². The lowest BCUT2D eigenvalue weighted by Gasteiger charge is -2.34. The Morgan fingerprint density at radius 3 is 2.58 bits per heavy atom. The molecule has 1 aromatic rings. The largest absolute Gasteiger partial charge is 0.368 e. The van der Waals surface area contributed by atoms with Gasteiger partial charge in [0.15, 0.2) is 0 Å². The summed E-state index contributed by atoms with van der Waals surface area (Å²) in [6.07, 6.45) is 1.79. The first-order valence-electron chi connectivity index (χ1n) is 6.57. The third kappa shape index (κ3) is 3.08. The minimum absolute atomic E-state index is 0.00253. The minimum Gasteiger partial charge on any atom is -0.368 e. The molecule has 3 atom stereocenters. The fourth-order valence-corrected chi connectivity index (χ4v) is 3.01. The van der Waals surface area contributed by atoms with E-state index in [1.165, 1.54) is 0 Å². The smallest absolute Gasteiger partial charge is 0.234 e. The Morgan fingerprint density at radius 2 is 2.05 bits per heavy atom. The Morgan fingerprint density at radius 1 is 1.42 bits per heavy atom. The highest BCUT2D eigenvalue weighted by molar-refractivity contribution is 6.30. The summed E-state index contributed by atoms with van der Waals surface area (Å²) in [5.74, 6) is -0.267. The lowest BCUT2D eigenvalue weighted by Crippen LogP contribution is -2.47. The lowest BCUT2D eigenvalue weighted by molar-refractivity contribution is -0.123. The van der Waals surface area contributed by atoms with Gasteiger partial charge in [0, 0.05) is 11.1 Å². The molecular weight excluding hydrogens is 262 g/mol. The van der Waals surface area contributed by atoms with Crippen LogP contribution in [-0.2, 0) is 4.79 Å². The third-order valence-electron chi connectivity index (χ3n) is 3.69. The maximum Gasteiger partial charge on any atom is 0.234 e. The van der Waals surface area contributed by atoms with Gasteiger partial charge < -0.3 is 11.5 Å². The van der Waals surface area contributed by atoms with Crippen molar-refractivity contribution in [1.82, 2.24) is 4.90 Å². The Balaban J connectivity index is 2.30. The van der Waals surface area contributed by atoms with Gasteiger partial charge in [0.2, 0.25) is 5.91 Å². The Bertz CT molecular complexity index is 447. The van der Waals surface area contributed by atoms with E-state index in [0.717, 1.165) is 24.9 Å². The molecule has 4 nitrogen and oxygen atoms in total. The van der Waals surface area contributed by atoms with Gasteiger partial charge in [0.1, 0.15) is 0 Å². The molecule has 1 aromatic carbocycles. The summed E-state index contributed by atoms with van der Waals surface area (Å²) in [6, 6.07) is 7.33. The zero-order valence-corrected chi connectivity index (χ0v) is 11.8. The van der Waals surface area contributed by atoms with Crippen molar-refractivity contribution in [1.29, 1.82) is 0 Å². The average Bonchev–Trinajstić information content (AvgIpc) is 2.80. The summed E-state index contributed by atoms with van der Waals surface area (Å²) >= 11 is 5.92. The summed E-state index contributed by atoms with van der Waals surface area (Å²) < 4.78 is 0. The molecule has 1 heterocycles. The van der Waals surface area contributed by atoms with Crippen LogP contribution in [0.5, 0.6) is 0 Å². The van der Waals surface area contributed by atoms with Crippen molar-refractivity contribution >= 4 is 17.5 Å². The molecular formula is C14H20ClN3O. The number of hydrogen-bond donors (Lipinski definition) is 2. The SMILES string of the molecule is CC(N)C(c1ccc(Cl)cc1)N1CCCC1C(N)=O. The molecule has 4 N–H and O–H groups in total. The highest BCUT2D eigenvalue weighted by atomic mass is 35.5. The number of nitrogens with zero attached hydrogens (tertiary/aromatic N) is 1. The molecule has 0 bridgehead atoms. The van der Waals surface area contributed by atoms with Crippen molar-refractivity contribution in [3.05, 3.63) is 34.9 Å². The molecule has 0 saturated carbocycles. The van der Waals surface area contributed by atoms with E-state index in [0.29, 0.717) is 5.02 Å². The van der Waals surface area contributed by atoms with Gasteiger partial charge in [-0.2, -0.15) is 0 Å². The predicted octanol–water partition coefficient (Wildman–Crippen LogP) is 1.68. The maximum absolute atomic E-state index is 11.5. The lowest BCUT2D eigenvalue weighted by atomic mass is 9.98. The minimum atomic E-state index is -0.267. The monoisotopic (exact) mass is 281 g/mol. The maximum atomic E-state index is 11.5. The molecule has 1 aliphatic rings. The van der Waals surface area contributed by atoms with Gasteiger partial charge in [-0.05, 0) is 44.0 Å². The number of hydrogen-bond acceptors (Lipinski definition) is 3. The van der Waals surface area contributed by atoms with Crippen LogP contribution in [0.25, 0.3) is 0 Å². The summed E-state index contributed by atoms with van der Waals surface area (Å²) in [5, 5.41) is 0.694. The second-order valence-electron chi connectivity index (χ2n) is 5.15. The van der Waals surface area contributed by atoms with Crippen LogP contribution < -0.4 is 11.5 Å². The van der Waals surface area contributed by atoms with Gasteiger partial charge in [0.05, 0.1) is 12.1 Å². The number of carbonyl (C=O) groups is 1. The second-order valence-corrected chi connectivity index (χ2v) is 5.59. The molecule has 104 valence electrons. The number of rotatable bonds is 4. The van der Waals surface area contributed by atoms with Crippen molar-refractivity contribution in [2.45, 2.75) is 37.9 Å². The van der Waals surface area contributed by atoms with E-state index in [1.54, 1.807) is 0 Å². The first-order valence-corrected chi connectivity index (χ1v) is 6.94. The molecule has 1 aliphatic heterocycles. The number of likely N-dealkylation sites (tertiary alicyclic amines) is 1. The third-order valence-corrected chi connectivity index (χ3v) is 3.94. The summed E-state index contributed by atoms with van der Waals surface area (Å²) in [5.41, 5.74) is 12.7. The van der Waals surface area contributed by atoms with E-state index in [2.05, 4.69) is 4.90 Å². The molecule has 1 fully saturated rings. The average molecular weight is 282 g/mol. The van der Waals surface area contributed by atoms with Crippen molar-refractivity contribution < 1.29 is 4.79 Å². The number of primary amides is 1. The van der Waals surface area contributed by atoms with Crippen molar-refractivity contribution in [2.24, 2.45) is 11.5 Å². The molecule has 5 heteroatoms. The molecule has 0 spiro atoms. The number of carbonyl (C=O) groups excluding carboxylic acids is 1. The Labute approximate surface area is 118 Å². The van der Waals surface area contributed by atoms with E-state index in [9.17, 15) is 4.79 Å². The van der Waals surface area contributed by atoms with Gasteiger partial charge in [0.25, 0.3) is 0 Å². The number of nitrogens with two attached hydrogens (primary N) is 2. The Hall–Kier alpha value is -1.10. The first kappa shape index (κ1) is 14.3. The van der Waals surface area contributed by atoms with Gasteiger partial charge in [-0.1, -0.05) is 23.7 Å². The summed E-state index contributed by atoms with van der Waals surface area (Å²) in [7, 11) is 0. The second kappa shape index (κ2) is 5.90. The molecule has 0 aliphatic carbocycles. The zero-order chi connectivity index (χ0) is 14.0. The van der Waals surface area contributed by atoms with Crippen LogP contribution in [-0.4, -0.2) is 29.4 Å². The van der Waals surface area contributed by atoms with Gasteiger partial charge in [-0.3, -0.25) is 9.69 Å². The highest BCUT2D eigenvalue weighted by Gasteiger charge is 2.36. The van der Waals surface area contributed by atoms with E-state index in [4.69, 9.17) is 23.1 Å². The quantitative estimate of drug-likeness (QED) is 0.882. The molecule has 19 heavy (non-hydrogen) atoms. The van der Waals surface area contributed by atoms with E-state index in [1.807, 2.05) is 31.2 Å².